The van der Waals surface area contributed by atoms with E-state index in [1.54, 1.807) is 0 Å². The van der Waals surface area contributed by atoms with Gasteiger partial charge in [0, 0.05) is 12.6 Å². The molecule has 0 amide bonds. The quantitative estimate of drug-likeness (QED) is 0.764. The zero-order chi connectivity index (χ0) is 13.3. The van der Waals surface area contributed by atoms with E-state index in [0.717, 1.165) is 37.9 Å². The highest BCUT2D eigenvalue weighted by Gasteiger charge is 2.17. The third kappa shape index (κ3) is 5.21. The molecule has 0 unspecified atom stereocenters. The summed E-state index contributed by atoms with van der Waals surface area (Å²) in [5.74, 6) is 0.980. The Bertz CT molecular complexity index is 334. The van der Waals surface area contributed by atoms with Crippen molar-refractivity contribution >= 4 is 0 Å². The number of nitrogens with one attached hydrogen (secondary N) is 1. The predicted octanol–water partition coefficient (Wildman–Crippen LogP) is 2.53. The van der Waals surface area contributed by atoms with E-state index >= 15 is 0 Å². The van der Waals surface area contributed by atoms with Crippen LogP contribution in [0.2, 0.25) is 0 Å². The zero-order valence-electron chi connectivity index (χ0n) is 12.0. The van der Waals surface area contributed by atoms with E-state index in [1.807, 2.05) is 30.3 Å². The minimum absolute atomic E-state index is 0.738. The van der Waals surface area contributed by atoms with E-state index < -0.39 is 0 Å². The minimum atomic E-state index is 0.738. The first-order valence-electron chi connectivity index (χ1n) is 7.52. The molecule has 1 heterocycles. The summed E-state index contributed by atoms with van der Waals surface area (Å²) >= 11 is 0. The third-order valence-electron chi connectivity index (χ3n) is 3.71. The number of piperidine rings is 1. The summed E-state index contributed by atoms with van der Waals surface area (Å²) in [6, 6.07) is 10.8. The Kier molecular flexibility index (Phi) is 6.18. The van der Waals surface area contributed by atoms with Crippen LogP contribution in [0, 0.1) is 0 Å². The lowest BCUT2D eigenvalue weighted by Gasteiger charge is -2.32. The summed E-state index contributed by atoms with van der Waals surface area (Å²) in [4.78, 5) is 2.56. The lowest BCUT2D eigenvalue weighted by molar-refractivity contribution is 0.183. The van der Waals surface area contributed by atoms with Crippen LogP contribution in [0.4, 0.5) is 0 Å². The van der Waals surface area contributed by atoms with Gasteiger partial charge in [-0.3, -0.25) is 0 Å². The van der Waals surface area contributed by atoms with Gasteiger partial charge in [-0.2, -0.15) is 0 Å². The lowest BCUT2D eigenvalue weighted by atomic mass is 10.1. The average Bonchev–Trinajstić information content (AvgIpc) is 2.47. The highest BCUT2D eigenvalue weighted by molar-refractivity contribution is 5.20. The van der Waals surface area contributed by atoms with E-state index in [2.05, 4.69) is 17.1 Å². The molecule has 0 aromatic heterocycles. The third-order valence-corrected chi connectivity index (χ3v) is 3.71. The molecule has 1 aliphatic rings. The van der Waals surface area contributed by atoms with Gasteiger partial charge in [0.1, 0.15) is 5.75 Å². The van der Waals surface area contributed by atoms with Crippen molar-refractivity contribution in [3.05, 3.63) is 30.3 Å². The van der Waals surface area contributed by atoms with Gasteiger partial charge < -0.3 is 15.0 Å². The number of nitrogens with zero attached hydrogens (tertiary/aromatic N) is 1. The molecule has 0 aliphatic carbocycles. The molecule has 0 spiro atoms. The van der Waals surface area contributed by atoms with Crippen LogP contribution >= 0.6 is 0 Å². The molecule has 2 rings (SSSR count). The molecule has 1 aromatic rings. The fourth-order valence-electron chi connectivity index (χ4n) is 2.64. The van der Waals surface area contributed by atoms with E-state index in [-0.39, 0.29) is 0 Å². The number of benzene rings is 1. The predicted molar refractivity (Wildman–Crippen MR) is 79.7 cm³/mol. The van der Waals surface area contributed by atoms with Crippen molar-refractivity contribution in [1.29, 1.82) is 0 Å². The average molecular weight is 262 g/mol. The molecule has 3 heteroatoms. The Morgan fingerprint density at radius 2 is 1.95 bits per heavy atom. The first-order valence-corrected chi connectivity index (χ1v) is 7.52. The van der Waals surface area contributed by atoms with Crippen molar-refractivity contribution in [1.82, 2.24) is 10.2 Å². The van der Waals surface area contributed by atoms with Crippen LogP contribution < -0.4 is 10.1 Å². The van der Waals surface area contributed by atoms with Crippen molar-refractivity contribution in [2.75, 3.05) is 32.8 Å². The Hall–Kier alpha value is -1.06. The number of likely N-dealkylation sites (tertiary alicyclic amines) is 1. The van der Waals surface area contributed by atoms with E-state index in [1.165, 1.54) is 25.9 Å². The minimum Gasteiger partial charge on any atom is -0.494 e. The highest BCUT2D eigenvalue weighted by Crippen LogP contribution is 2.11. The first kappa shape index (κ1) is 14.4. The van der Waals surface area contributed by atoms with Crippen LogP contribution in [0.25, 0.3) is 0 Å². The van der Waals surface area contributed by atoms with Gasteiger partial charge in [-0.25, -0.2) is 0 Å². The molecule has 0 saturated carbocycles. The van der Waals surface area contributed by atoms with Crippen molar-refractivity contribution in [2.45, 2.75) is 32.2 Å². The van der Waals surface area contributed by atoms with Gasteiger partial charge in [-0.05, 0) is 51.0 Å². The van der Waals surface area contributed by atoms with Crippen molar-refractivity contribution < 1.29 is 4.74 Å². The van der Waals surface area contributed by atoms with Crippen LogP contribution in [-0.4, -0.2) is 43.7 Å². The lowest BCUT2D eigenvalue weighted by Crippen LogP contribution is -2.42. The molecule has 106 valence electrons. The molecule has 0 atom stereocenters. The fraction of sp³-hybridized carbons (Fsp3) is 0.625. The Morgan fingerprint density at radius 1 is 1.21 bits per heavy atom. The topological polar surface area (TPSA) is 24.5 Å². The van der Waals surface area contributed by atoms with Gasteiger partial charge in [0.25, 0.3) is 0 Å². The summed E-state index contributed by atoms with van der Waals surface area (Å²) in [5, 5.41) is 3.54. The van der Waals surface area contributed by atoms with Gasteiger partial charge in [0.15, 0.2) is 0 Å². The van der Waals surface area contributed by atoms with Crippen LogP contribution in [-0.2, 0) is 0 Å². The molecule has 1 N–H and O–H groups in total. The number of ether oxygens (including phenoxy) is 1. The monoisotopic (exact) mass is 262 g/mol. The number of para-hydroxylation sites is 1. The van der Waals surface area contributed by atoms with Gasteiger partial charge in [0.05, 0.1) is 6.61 Å². The van der Waals surface area contributed by atoms with Crippen molar-refractivity contribution in [3.63, 3.8) is 0 Å². The normalized spacial score (nSPS) is 17.5. The van der Waals surface area contributed by atoms with Crippen molar-refractivity contribution in [3.8, 4) is 5.75 Å². The van der Waals surface area contributed by atoms with Gasteiger partial charge >= 0.3 is 0 Å². The second-order valence-corrected chi connectivity index (χ2v) is 5.19. The second kappa shape index (κ2) is 8.18. The Labute approximate surface area is 116 Å². The van der Waals surface area contributed by atoms with Crippen LogP contribution in [0.15, 0.2) is 30.3 Å². The molecule has 1 aliphatic heterocycles. The molecule has 3 nitrogen and oxygen atoms in total. The van der Waals surface area contributed by atoms with Crippen LogP contribution in [0.5, 0.6) is 5.75 Å². The number of hydrogen-bond donors (Lipinski definition) is 1. The Morgan fingerprint density at radius 3 is 2.63 bits per heavy atom. The van der Waals surface area contributed by atoms with Gasteiger partial charge in [-0.1, -0.05) is 25.1 Å². The molecular formula is C16H26N2O. The molecule has 0 radical (unpaired) electrons. The highest BCUT2D eigenvalue weighted by atomic mass is 16.5. The summed E-state index contributed by atoms with van der Waals surface area (Å²) in [6.45, 7) is 7.71. The fourth-order valence-corrected chi connectivity index (χ4v) is 2.64. The maximum atomic E-state index is 5.72. The second-order valence-electron chi connectivity index (χ2n) is 5.19. The van der Waals surface area contributed by atoms with E-state index in [9.17, 15) is 0 Å². The smallest absolute Gasteiger partial charge is 0.119 e. The van der Waals surface area contributed by atoms with E-state index in [0.29, 0.717) is 0 Å². The molecule has 19 heavy (non-hydrogen) atoms. The summed E-state index contributed by atoms with van der Waals surface area (Å²) in [6.07, 6.45) is 3.68. The van der Waals surface area contributed by atoms with E-state index in [4.69, 9.17) is 4.74 Å². The molecule has 1 fully saturated rings. The molecule has 0 bridgehead atoms. The number of hydrogen-bond acceptors (Lipinski definition) is 3. The first-order chi connectivity index (χ1) is 9.38. The SMILES string of the molecule is CCNC1CCN(CCCOc2ccccc2)CC1. The summed E-state index contributed by atoms with van der Waals surface area (Å²) in [5.41, 5.74) is 0. The van der Waals surface area contributed by atoms with Crippen LogP contribution in [0.3, 0.4) is 0 Å². The van der Waals surface area contributed by atoms with Crippen molar-refractivity contribution in [2.24, 2.45) is 0 Å². The standard InChI is InChI=1S/C16H26N2O/c1-2-17-15-9-12-18(13-10-15)11-6-14-19-16-7-4-3-5-8-16/h3-5,7-8,15,17H,2,6,9-14H2,1H3. The maximum absolute atomic E-state index is 5.72. The Balaban J connectivity index is 1.55. The maximum Gasteiger partial charge on any atom is 0.119 e. The van der Waals surface area contributed by atoms with Crippen LogP contribution in [0.1, 0.15) is 26.2 Å². The summed E-state index contributed by atoms with van der Waals surface area (Å²) < 4.78 is 5.72. The largest absolute Gasteiger partial charge is 0.494 e. The van der Waals surface area contributed by atoms with Gasteiger partial charge in [0.2, 0.25) is 0 Å². The molecule has 1 aromatic carbocycles. The van der Waals surface area contributed by atoms with Gasteiger partial charge in [-0.15, -0.1) is 0 Å². The number of rotatable bonds is 7. The molecular weight excluding hydrogens is 236 g/mol. The summed E-state index contributed by atoms with van der Waals surface area (Å²) in [7, 11) is 0. The molecule has 1 saturated heterocycles. The zero-order valence-corrected chi connectivity index (χ0v) is 12.0.